The van der Waals surface area contributed by atoms with Gasteiger partial charge in [0.15, 0.2) is 0 Å². The first-order valence-corrected chi connectivity index (χ1v) is 9.82. The van der Waals surface area contributed by atoms with Crippen LogP contribution in [0.4, 0.5) is 0 Å². The Balaban J connectivity index is 2.20. The van der Waals surface area contributed by atoms with Gasteiger partial charge in [-0.15, -0.1) is 0 Å². The smallest absolute Gasteiger partial charge is 0.244 e. The van der Waals surface area contributed by atoms with E-state index in [-0.39, 0.29) is 10.6 Å². The molecule has 0 saturated carbocycles. The zero-order valence-corrected chi connectivity index (χ0v) is 15.4. The standard InChI is InChI=1S/C16H19ClN4O3S/c1-3-13-12-9-18-19-15(12)16(20-22)14(4-2)21(13)25(23,24)11-7-5-10(17)6-8-11/h5-9,13-14,22H,3-4H2,1-2H3,(H,18,19)/b20-16-/t13-,14+/m1/s1. The fourth-order valence-electron chi connectivity index (χ4n) is 3.35. The highest BCUT2D eigenvalue weighted by Gasteiger charge is 2.45. The third-order valence-corrected chi connectivity index (χ3v) is 6.67. The molecular weight excluding hydrogens is 364 g/mol. The number of hydrogen-bond acceptors (Lipinski definition) is 5. The maximum absolute atomic E-state index is 13.3. The van der Waals surface area contributed by atoms with Crippen molar-refractivity contribution >= 4 is 27.3 Å². The third kappa shape index (κ3) is 2.84. The Bertz CT molecular complexity index is 892. The van der Waals surface area contributed by atoms with Crippen LogP contribution in [0.15, 0.2) is 40.5 Å². The number of sulfonamides is 1. The summed E-state index contributed by atoms with van der Waals surface area (Å²) in [5.41, 5.74) is 1.57. The minimum absolute atomic E-state index is 0.151. The van der Waals surface area contributed by atoms with Crippen LogP contribution in [0.1, 0.15) is 44.0 Å². The summed E-state index contributed by atoms with van der Waals surface area (Å²) in [7, 11) is -3.82. The first kappa shape index (κ1) is 17.9. The van der Waals surface area contributed by atoms with Gasteiger partial charge < -0.3 is 5.21 Å². The molecule has 0 amide bonds. The quantitative estimate of drug-likeness (QED) is 0.626. The lowest BCUT2D eigenvalue weighted by molar-refractivity contribution is 0.260. The van der Waals surface area contributed by atoms with E-state index in [0.29, 0.717) is 29.1 Å². The topological polar surface area (TPSA) is 98.6 Å². The third-order valence-electron chi connectivity index (χ3n) is 4.48. The zero-order chi connectivity index (χ0) is 18.2. The van der Waals surface area contributed by atoms with Gasteiger partial charge in [0.1, 0.15) is 5.71 Å². The van der Waals surface area contributed by atoms with Crippen LogP contribution < -0.4 is 0 Å². The monoisotopic (exact) mass is 382 g/mol. The van der Waals surface area contributed by atoms with Crippen molar-refractivity contribution in [1.29, 1.82) is 0 Å². The second-order valence-electron chi connectivity index (χ2n) is 5.82. The number of nitrogens with zero attached hydrogens (tertiary/aromatic N) is 3. The summed E-state index contributed by atoms with van der Waals surface area (Å²) in [6.07, 6.45) is 2.61. The maximum Gasteiger partial charge on any atom is 0.244 e. The second-order valence-corrected chi connectivity index (χ2v) is 8.10. The Morgan fingerprint density at radius 3 is 2.44 bits per heavy atom. The Morgan fingerprint density at radius 1 is 1.24 bits per heavy atom. The SMILES string of the molecule is CC[C@@H]1c2cn[nH]c2/C(=N\O)[C@H](CC)N1S(=O)(=O)c1ccc(Cl)cc1. The molecule has 3 rings (SSSR count). The Morgan fingerprint density at radius 2 is 1.88 bits per heavy atom. The van der Waals surface area contributed by atoms with Crippen molar-refractivity contribution in [2.45, 2.75) is 43.7 Å². The Hall–Kier alpha value is -1.90. The average Bonchev–Trinajstić information content (AvgIpc) is 3.09. The highest BCUT2D eigenvalue weighted by molar-refractivity contribution is 7.89. The number of oxime groups is 1. The van der Waals surface area contributed by atoms with E-state index in [1.807, 2.05) is 13.8 Å². The van der Waals surface area contributed by atoms with Crippen LogP contribution in [0.5, 0.6) is 0 Å². The van der Waals surface area contributed by atoms with E-state index in [9.17, 15) is 13.6 Å². The number of nitrogens with one attached hydrogen (secondary N) is 1. The van der Waals surface area contributed by atoms with Crippen LogP contribution in [0.25, 0.3) is 0 Å². The molecule has 1 aliphatic heterocycles. The Kier molecular flexibility index (Phi) is 4.86. The molecule has 0 fully saturated rings. The molecule has 2 atom stereocenters. The van der Waals surface area contributed by atoms with Crippen molar-refractivity contribution in [2.75, 3.05) is 0 Å². The lowest BCUT2D eigenvalue weighted by atomic mass is 9.92. The van der Waals surface area contributed by atoms with Crippen molar-refractivity contribution in [2.24, 2.45) is 5.16 Å². The first-order chi connectivity index (χ1) is 12.0. The lowest BCUT2D eigenvalue weighted by Gasteiger charge is -2.40. The van der Waals surface area contributed by atoms with Gasteiger partial charge in [0.05, 0.1) is 28.9 Å². The molecule has 134 valence electrons. The van der Waals surface area contributed by atoms with Crippen LogP contribution >= 0.6 is 11.6 Å². The van der Waals surface area contributed by atoms with Crippen LogP contribution in [0.3, 0.4) is 0 Å². The molecule has 2 N–H and O–H groups in total. The normalized spacial score (nSPS) is 22.9. The Labute approximate surface area is 151 Å². The summed E-state index contributed by atoms with van der Waals surface area (Å²) in [4.78, 5) is 0.151. The molecule has 1 aromatic carbocycles. The van der Waals surface area contributed by atoms with Crippen LogP contribution in [-0.4, -0.2) is 39.9 Å². The molecule has 9 heteroatoms. The van der Waals surface area contributed by atoms with Crippen LogP contribution in [0.2, 0.25) is 5.02 Å². The maximum atomic E-state index is 13.3. The minimum atomic E-state index is -3.82. The summed E-state index contributed by atoms with van der Waals surface area (Å²) in [5.74, 6) is 0. The van der Waals surface area contributed by atoms with Gasteiger partial charge in [0, 0.05) is 10.6 Å². The molecule has 0 bridgehead atoms. The summed E-state index contributed by atoms with van der Waals surface area (Å²) < 4.78 is 28.1. The van der Waals surface area contributed by atoms with E-state index in [1.165, 1.54) is 16.4 Å². The van der Waals surface area contributed by atoms with Crippen molar-refractivity contribution < 1.29 is 13.6 Å². The summed E-state index contributed by atoms with van der Waals surface area (Å²) in [5, 5.41) is 20.2. The number of aromatic amines is 1. The molecular formula is C16H19ClN4O3S. The number of fused-ring (bicyclic) bond motifs is 1. The number of rotatable bonds is 4. The zero-order valence-electron chi connectivity index (χ0n) is 13.8. The molecule has 0 saturated heterocycles. The highest BCUT2D eigenvalue weighted by Crippen LogP contribution is 2.39. The summed E-state index contributed by atoms with van der Waals surface area (Å²) in [6.45, 7) is 3.77. The largest absolute Gasteiger partial charge is 0.411 e. The molecule has 0 unspecified atom stereocenters. The van der Waals surface area contributed by atoms with Gasteiger partial charge in [0.25, 0.3) is 0 Å². The molecule has 0 spiro atoms. The highest BCUT2D eigenvalue weighted by atomic mass is 35.5. The van der Waals surface area contributed by atoms with Crippen LogP contribution in [-0.2, 0) is 10.0 Å². The van der Waals surface area contributed by atoms with Crippen LogP contribution in [0, 0.1) is 0 Å². The van der Waals surface area contributed by atoms with E-state index in [0.717, 1.165) is 0 Å². The van der Waals surface area contributed by atoms with Gasteiger partial charge in [-0.25, -0.2) is 8.42 Å². The molecule has 0 aliphatic carbocycles. The predicted molar refractivity (Wildman–Crippen MR) is 94.5 cm³/mol. The molecule has 1 aromatic heterocycles. The van der Waals surface area contributed by atoms with Gasteiger partial charge in [-0.2, -0.15) is 9.40 Å². The van der Waals surface area contributed by atoms with Crippen molar-refractivity contribution in [3.05, 3.63) is 46.7 Å². The summed E-state index contributed by atoms with van der Waals surface area (Å²) >= 11 is 5.88. The second kappa shape index (κ2) is 6.78. The van der Waals surface area contributed by atoms with E-state index < -0.39 is 22.1 Å². The number of halogens is 1. The molecule has 0 radical (unpaired) electrons. The van der Waals surface area contributed by atoms with Gasteiger partial charge in [-0.1, -0.05) is 30.6 Å². The van der Waals surface area contributed by atoms with Crippen molar-refractivity contribution in [3.63, 3.8) is 0 Å². The van der Waals surface area contributed by atoms with Crippen molar-refractivity contribution in [3.8, 4) is 0 Å². The first-order valence-electron chi connectivity index (χ1n) is 8.00. The number of benzene rings is 1. The van der Waals surface area contributed by atoms with E-state index in [1.54, 1.807) is 18.3 Å². The van der Waals surface area contributed by atoms with E-state index in [4.69, 9.17) is 11.6 Å². The number of aromatic nitrogens is 2. The molecule has 2 aromatic rings. The van der Waals surface area contributed by atoms with Gasteiger partial charge in [-0.3, -0.25) is 5.10 Å². The van der Waals surface area contributed by atoms with E-state index >= 15 is 0 Å². The lowest BCUT2D eigenvalue weighted by Crippen LogP contribution is -2.50. The average molecular weight is 383 g/mol. The molecule has 2 heterocycles. The van der Waals surface area contributed by atoms with E-state index in [2.05, 4.69) is 15.4 Å². The van der Waals surface area contributed by atoms with Gasteiger partial charge in [0.2, 0.25) is 10.0 Å². The van der Waals surface area contributed by atoms with Gasteiger partial charge >= 0.3 is 0 Å². The predicted octanol–water partition coefficient (Wildman–Crippen LogP) is 3.18. The van der Waals surface area contributed by atoms with Crippen molar-refractivity contribution in [1.82, 2.24) is 14.5 Å². The summed E-state index contributed by atoms with van der Waals surface area (Å²) in [6, 6.07) is 5.07. The number of H-pyrrole nitrogens is 1. The molecule has 1 aliphatic rings. The fourth-order valence-corrected chi connectivity index (χ4v) is 5.38. The fraction of sp³-hybridized carbons (Fsp3) is 0.375. The van der Waals surface area contributed by atoms with Gasteiger partial charge in [-0.05, 0) is 37.1 Å². The number of hydrogen-bond donors (Lipinski definition) is 2. The molecule has 25 heavy (non-hydrogen) atoms. The minimum Gasteiger partial charge on any atom is -0.411 e. The molecule has 7 nitrogen and oxygen atoms in total.